The zero-order valence-electron chi connectivity index (χ0n) is 6.95. The second kappa shape index (κ2) is 3.18. The van der Waals surface area contributed by atoms with Crippen molar-refractivity contribution in [1.29, 1.82) is 0 Å². The fourth-order valence-electron chi connectivity index (χ4n) is 0.852. The third-order valence-electron chi connectivity index (χ3n) is 1.45. The van der Waals surface area contributed by atoms with Gasteiger partial charge < -0.3 is 4.74 Å². The molecule has 13 heavy (non-hydrogen) atoms. The van der Waals surface area contributed by atoms with E-state index in [2.05, 4.69) is 20.2 Å². The number of aromatic nitrogens is 5. The van der Waals surface area contributed by atoms with Crippen molar-refractivity contribution in [3.63, 3.8) is 0 Å². The predicted molar refractivity (Wildman–Crippen MR) is 43.5 cm³/mol. The molecule has 0 N–H and O–H groups in total. The zero-order valence-corrected chi connectivity index (χ0v) is 6.95. The minimum absolute atomic E-state index is 0.468. The molecule has 2 aromatic rings. The van der Waals surface area contributed by atoms with Gasteiger partial charge in [0, 0.05) is 0 Å². The first-order valence-corrected chi connectivity index (χ1v) is 3.63. The molecule has 6 nitrogen and oxygen atoms in total. The molecular weight excluding hydrogens is 170 g/mol. The molecule has 0 bridgehead atoms. The van der Waals surface area contributed by atoms with Crippen molar-refractivity contribution in [2.24, 2.45) is 0 Å². The molecule has 6 heteroatoms. The summed E-state index contributed by atoms with van der Waals surface area (Å²) >= 11 is 0. The van der Waals surface area contributed by atoms with Crippen LogP contribution in [0.4, 0.5) is 0 Å². The molecule has 0 atom stereocenters. The Hall–Kier alpha value is -1.98. The van der Waals surface area contributed by atoms with Crippen molar-refractivity contribution in [1.82, 2.24) is 25.0 Å². The Morgan fingerprint density at radius 2 is 1.92 bits per heavy atom. The van der Waals surface area contributed by atoms with E-state index in [4.69, 9.17) is 4.74 Å². The van der Waals surface area contributed by atoms with Crippen molar-refractivity contribution in [3.8, 4) is 11.7 Å². The Morgan fingerprint density at radius 3 is 2.46 bits per heavy atom. The Kier molecular flexibility index (Phi) is 1.87. The van der Waals surface area contributed by atoms with Gasteiger partial charge in [0.05, 0.1) is 31.9 Å². The van der Waals surface area contributed by atoms with Gasteiger partial charge in [-0.15, -0.1) is 4.80 Å². The molecule has 66 valence electrons. The monoisotopic (exact) mass is 177 g/mol. The molecule has 0 amide bonds. The van der Waals surface area contributed by atoms with Gasteiger partial charge >= 0.3 is 0 Å². The van der Waals surface area contributed by atoms with Crippen molar-refractivity contribution in [2.45, 2.75) is 0 Å². The molecule has 2 aromatic heterocycles. The third-order valence-corrected chi connectivity index (χ3v) is 1.45. The third kappa shape index (κ3) is 1.46. The Morgan fingerprint density at radius 1 is 1.15 bits per heavy atom. The quantitative estimate of drug-likeness (QED) is 0.649. The minimum Gasteiger partial charge on any atom is -0.480 e. The molecular formula is C7H7N5O. The number of methoxy groups -OCH3 is 1. The van der Waals surface area contributed by atoms with E-state index in [-0.39, 0.29) is 0 Å². The summed E-state index contributed by atoms with van der Waals surface area (Å²) in [4.78, 5) is 9.39. The maximum Gasteiger partial charge on any atom is 0.232 e. The van der Waals surface area contributed by atoms with Gasteiger partial charge in [0.2, 0.25) is 5.88 Å². The average Bonchev–Trinajstić information content (AvgIpc) is 2.71. The summed E-state index contributed by atoms with van der Waals surface area (Å²) in [7, 11) is 1.54. The SMILES string of the molecule is COc1cnc(-n2nccn2)cn1. The second-order valence-corrected chi connectivity index (χ2v) is 2.24. The van der Waals surface area contributed by atoms with E-state index in [1.54, 1.807) is 18.6 Å². The maximum atomic E-state index is 4.86. The second-order valence-electron chi connectivity index (χ2n) is 2.24. The Bertz CT molecular complexity index is 368. The fourth-order valence-corrected chi connectivity index (χ4v) is 0.852. The van der Waals surface area contributed by atoms with E-state index in [1.165, 1.54) is 18.1 Å². The van der Waals surface area contributed by atoms with E-state index in [0.29, 0.717) is 11.7 Å². The molecule has 0 aliphatic heterocycles. The highest BCUT2D eigenvalue weighted by Crippen LogP contribution is 2.04. The number of hydrogen-bond donors (Lipinski definition) is 0. The van der Waals surface area contributed by atoms with E-state index in [9.17, 15) is 0 Å². The first-order valence-electron chi connectivity index (χ1n) is 3.63. The van der Waals surface area contributed by atoms with E-state index in [1.807, 2.05) is 0 Å². The van der Waals surface area contributed by atoms with Crippen molar-refractivity contribution in [2.75, 3.05) is 7.11 Å². The van der Waals surface area contributed by atoms with Crippen LogP contribution in [0.5, 0.6) is 5.88 Å². The van der Waals surface area contributed by atoms with Gasteiger partial charge in [-0.2, -0.15) is 10.2 Å². The van der Waals surface area contributed by atoms with Crippen LogP contribution < -0.4 is 4.74 Å². The van der Waals surface area contributed by atoms with Gasteiger partial charge in [-0.3, -0.25) is 0 Å². The zero-order chi connectivity index (χ0) is 9.10. The lowest BCUT2D eigenvalue weighted by atomic mass is 10.6. The molecule has 0 aromatic carbocycles. The van der Waals surface area contributed by atoms with Gasteiger partial charge in [0.25, 0.3) is 0 Å². The average molecular weight is 177 g/mol. The van der Waals surface area contributed by atoms with E-state index < -0.39 is 0 Å². The van der Waals surface area contributed by atoms with Gasteiger partial charge in [0.1, 0.15) is 0 Å². The fraction of sp³-hybridized carbons (Fsp3) is 0.143. The van der Waals surface area contributed by atoms with Gasteiger partial charge in [-0.1, -0.05) is 0 Å². The van der Waals surface area contributed by atoms with Crippen LogP contribution in [0.1, 0.15) is 0 Å². The first-order chi connectivity index (χ1) is 6.40. The summed E-state index contributed by atoms with van der Waals surface area (Å²) in [6.45, 7) is 0. The topological polar surface area (TPSA) is 65.7 Å². The minimum atomic E-state index is 0.468. The summed E-state index contributed by atoms with van der Waals surface area (Å²) in [6.07, 6.45) is 6.20. The van der Waals surface area contributed by atoms with Crippen LogP contribution in [0.25, 0.3) is 5.82 Å². The number of hydrogen-bond acceptors (Lipinski definition) is 5. The Labute approximate surface area is 74.2 Å². The van der Waals surface area contributed by atoms with Gasteiger partial charge in [-0.05, 0) is 0 Å². The lowest BCUT2D eigenvalue weighted by Gasteiger charge is -1.99. The van der Waals surface area contributed by atoms with Crippen LogP contribution in [0.3, 0.4) is 0 Å². The smallest absolute Gasteiger partial charge is 0.232 e. The van der Waals surface area contributed by atoms with Gasteiger partial charge in [0.15, 0.2) is 5.82 Å². The largest absolute Gasteiger partial charge is 0.480 e. The number of rotatable bonds is 2. The van der Waals surface area contributed by atoms with E-state index >= 15 is 0 Å². The van der Waals surface area contributed by atoms with Crippen molar-refractivity contribution < 1.29 is 4.74 Å². The van der Waals surface area contributed by atoms with Crippen LogP contribution in [0.2, 0.25) is 0 Å². The highest BCUT2D eigenvalue weighted by molar-refractivity contribution is 5.16. The summed E-state index contributed by atoms with van der Waals surface area (Å²) in [5.74, 6) is 1.03. The first kappa shape index (κ1) is 7.66. The van der Waals surface area contributed by atoms with E-state index in [0.717, 1.165) is 0 Å². The molecule has 0 saturated carbocycles. The normalized spacial score (nSPS) is 9.92. The number of nitrogens with zero attached hydrogens (tertiary/aromatic N) is 5. The molecule has 2 heterocycles. The number of ether oxygens (including phenoxy) is 1. The van der Waals surface area contributed by atoms with Crippen LogP contribution in [-0.4, -0.2) is 32.1 Å². The Balaban J connectivity index is 2.33. The molecule has 0 unspecified atom stereocenters. The van der Waals surface area contributed by atoms with Gasteiger partial charge in [-0.25, -0.2) is 9.97 Å². The predicted octanol–water partition coefficient (Wildman–Crippen LogP) is 0.0659. The summed E-state index contributed by atoms with van der Waals surface area (Å²) in [6, 6.07) is 0. The van der Waals surface area contributed by atoms with Crippen LogP contribution in [0, 0.1) is 0 Å². The highest BCUT2D eigenvalue weighted by atomic mass is 16.5. The van der Waals surface area contributed by atoms with Crippen molar-refractivity contribution in [3.05, 3.63) is 24.8 Å². The molecule has 0 aliphatic carbocycles. The molecule has 0 radical (unpaired) electrons. The maximum absolute atomic E-state index is 4.86. The molecule has 2 rings (SSSR count). The summed E-state index contributed by atoms with van der Waals surface area (Å²) in [5, 5.41) is 7.81. The van der Waals surface area contributed by atoms with Crippen LogP contribution in [-0.2, 0) is 0 Å². The standard InChI is InChI=1S/C7H7N5O/c1-13-7-5-8-6(4-9-7)12-10-2-3-11-12/h2-5H,1H3. The van der Waals surface area contributed by atoms with Crippen molar-refractivity contribution >= 4 is 0 Å². The van der Waals surface area contributed by atoms with Crippen LogP contribution in [0.15, 0.2) is 24.8 Å². The molecule has 0 aliphatic rings. The molecule has 0 fully saturated rings. The molecule has 0 saturated heterocycles. The van der Waals surface area contributed by atoms with Crippen LogP contribution >= 0.6 is 0 Å². The highest BCUT2D eigenvalue weighted by Gasteiger charge is 1.99. The lowest BCUT2D eigenvalue weighted by Crippen LogP contribution is -2.02. The molecule has 0 spiro atoms. The summed E-state index contributed by atoms with van der Waals surface area (Å²) in [5.41, 5.74) is 0. The summed E-state index contributed by atoms with van der Waals surface area (Å²) < 4.78 is 4.86. The lowest BCUT2D eigenvalue weighted by molar-refractivity contribution is 0.395.